The standard InChI is InChI=1S/C23H23N3O3/c1-3-20(19-11-4-5-12-21(19)29-2)26-22(27)16-8-6-10-18(14-16)25-23(28)17-9-7-13-24-15-17/h4-15,20H,3H2,1-2H3,(H,25,28)(H,26,27). The van der Waals surface area contributed by atoms with Crippen molar-refractivity contribution in [2.75, 3.05) is 12.4 Å². The topological polar surface area (TPSA) is 80.3 Å². The summed E-state index contributed by atoms with van der Waals surface area (Å²) in [6, 6.07) is 17.7. The molecule has 3 rings (SSSR count). The smallest absolute Gasteiger partial charge is 0.257 e. The summed E-state index contributed by atoms with van der Waals surface area (Å²) >= 11 is 0. The lowest BCUT2D eigenvalue weighted by Crippen LogP contribution is -2.28. The van der Waals surface area contributed by atoms with Crippen molar-refractivity contribution in [1.29, 1.82) is 0 Å². The number of carbonyl (C=O) groups excluding carboxylic acids is 2. The van der Waals surface area contributed by atoms with Gasteiger partial charge >= 0.3 is 0 Å². The van der Waals surface area contributed by atoms with Crippen LogP contribution in [0, 0.1) is 0 Å². The van der Waals surface area contributed by atoms with Gasteiger partial charge in [0.25, 0.3) is 11.8 Å². The van der Waals surface area contributed by atoms with Gasteiger partial charge in [-0.25, -0.2) is 0 Å². The number of ether oxygens (including phenoxy) is 1. The van der Waals surface area contributed by atoms with E-state index in [4.69, 9.17) is 4.74 Å². The number of anilines is 1. The zero-order valence-electron chi connectivity index (χ0n) is 16.4. The first-order valence-electron chi connectivity index (χ1n) is 9.37. The van der Waals surface area contributed by atoms with Crippen molar-refractivity contribution in [3.05, 3.63) is 89.7 Å². The van der Waals surface area contributed by atoms with Gasteiger partial charge in [0.1, 0.15) is 5.75 Å². The Balaban J connectivity index is 1.74. The number of hydrogen-bond donors (Lipinski definition) is 2. The molecule has 0 saturated heterocycles. The highest BCUT2D eigenvalue weighted by Crippen LogP contribution is 2.27. The van der Waals surface area contributed by atoms with E-state index in [2.05, 4.69) is 15.6 Å². The second-order valence-corrected chi connectivity index (χ2v) is 6.45. The minimum absolute atomic E-state index is 0.188. The van der Waals surface area contributed by atoms with Gasteiger partial charge in [0.05, 0.1) is 18.7 Å². The molecule has 2 amide bonds. The number of nitrogens with one attached hydrogen (secondary N) is 2. The van der Waals surface area contributed by atoms with E-state index in [0.717, 1.165) is 11.3 Å². The Morgan fingerprint density at radius 3 is 2.52 bits per heavy atom. The highest BCUT2D eigenvalue weighted by molar-refractivity contribution is 6.05. The maximum atomic E-state index is 12.8. The average molecular weight is 389 g/mol. The first kappa shape index (κ1) is 20.1. The maximum absolute atomic E-state index is 12.8. The van der Waals surface area contributed by atoms with Gasteiger partial charge in [-0.15, -0.1) is 0 Å². The number of amides is 2. The monoisotopic (exact) mass is 389 g/mol. The Bertz CT molecular complexity index is 989. The summed E-state index contributed by atoms with van der Waals surface area (Å²) in [6.07, 6.45) is 3.81. The fraction of sp³-hybridized carbons (Fsp3) is 0.174. The van der Waals surface area contributed by atoms with Crippen LogP contribution in [0.1, 0.15) is 45.7 Å². The zero-order valence-corrected chi connectivity index (χ0v) is 16.4. The molecule has 1 unspecified atom stereocenters. The molecule has 0 aliphatic carbocycles. The van der Waals surface area contributed by atoms with Crippen LogP contribution in [0.5, 0.6) is 5.75 Å². The molecule has 1 heterocycles. The van der Waals surface area contributed by atoms with E-state index in [0.29, 0.717) is 23.2 Å². The van der Waals surface area contributed by atoms with E-state index >= 15 is 0 Å². The fourth-order valence-corrected chi connectivity index (χ4v) is 3.03. The molecule has 29 heavy (non-hydrogen) atoms. The van der Waals surface area contributed by atoms with Crippen molar-refractivity contribution in [2.45, 2.75) is 19.4 Å². The summed E-state index contributed by atoms with van der Waals surface area (Å²) in [6.45, 7) is 2.00. The van der Waals surface area contributed by atoms with E-state index in [1.165, 1.54) is 6.20 Å². The number of carbonyl (C=O) groups is 2. The largest absolute Gasteiger partial charge is 0.496 e. The number of pyridine rings is 1. The highest BCUT2D eigenvalue weighted by atomic mass is 16.5. The Morgan fingerprint density at radius 1 is 1.00 bits per heavy atom. The van der Waals surface area contributed by atoms with E-state index in [1.54, 1.807) is 49.7 Å². The van der Waals surface area contributed by atoms with Crippen LogP contribution in [-0.4, -0.2) is 23.9 Å². The van der Waals surface area contributed by atoms with Crippen LogP contribution in [0.4, 0.5) is 5.69 Å². The van der Waals surface area contributed by atoms with E-state index in [9.17, 15) is 9.59 Å². The van der Waals surface area contributed by atoms with Gasteiger partial charge in [0.15, 0.2) is 0 Å². The molecule has 2 N–H and O–H groups in total. The predicted octanol–water partition coefficient (Wildman–Crippen LogP) is 4.22. The van der Waals surface area contributed by atoms with Gasteiger partial charge in [0.2, 0.25) is 0 Å². The third-order valence-corrected chi connectivity index (χ3v) is 4.53. The van der Waals surface area contributed by atoms with Crippen LogP contribution in [0.15, 0.2) is 73.1 Å². The Morgan fingerprint density at radius 2 is 1.79 bits per heavy atom. The van der Waals surface area contributed by atoms with Crippen molar-refractivity contribution in [3.63, 3.8) is 0 Å². The average Bonchev–Trinajstić information content (AvgIpc) is 2.78. The van der Waals surface area contributed by atoms with Gasteiger partial charge in [0, 0.05) is 29.2 Å². The molecule has 148 valence electrons. The Labute approximate surface area is 169 Å². The molecule has 1 atom stereocenters. The number of para-hydroxylation sites is 1. The van der Waals surface area contributed by atoms with Gasteiger partial charge in [-0.1, -0.05) is 31.2 Å². The highest BCUT2D eigenvalue weighted by Gasteiger charge is 2.18. The lowest BCUT2D eigenvalue weighted by atomic mass is 10.0. The van der Waals surface area contributed by atoms with Gasteiger partial charge in [-0.05, 0) is 42.8 Å². The van der Waals surface area contributed by atoms with Crippen LogP contribution < -0.4 is 15.4 Å². The molecule has 0 radical (unpaired) electrons. The minimum Gasteiger partial charge on any atom is -0.496 e. The van der Waals surface area contributed by atoms with E-state index in [1.807, 2.05) is 31.2 Å². The molecular formula is C23H23N3O3. The number of aromatic nitrogens is 1. The third-order valence-electron chi connectivity index (χ3n) is 4.53. The molecule has 3 aromatic rings. The van der Waals surface area contributed by atoms with E-state index in [-0.39, 0.29) is 17.9 Å². The molecule has 1 aromatic heterocycles. The number of nitrogens with zero attached hydrogens (tertiary/aromatic N) is 1. The van der Waals surface area contributed by atoms with Crippen molar-refractivity contribution in [3.8, 4) is 5.75 Å². The minimum atomic E-state index is -0.281. The number of rotatable bonds is 7. The molecule has 6 heteroatoms. The molecule has 0 spiro atoms. The predicted molar refractivity (Wildman–Crippen MR) is 112 cm³/mol. The van der Waals surface area contributed by atoms with Gasteiger partial charge in [-0.2, -0.15) is 0 Å². The fourth-order valence-electron chi connectivity index (χ4n) is 3.03. The van der Waals surface area contributed by atoms with Crippen LogP contribution >= 0.6 is 0 Å². The van der Waals surface area contributed by atoms with E-state index < -0.39 is 0 Å². The number of methoxy groups -OCH3 is 1. The number of benzene rings is 2. The Hall–Kier alpha value is -3.67. The van der Waals surface area contributed by atoms with Crippen molar-refractivity contribution in [1.82, 2.24) is 10.3 Å². The summed E-state index contributed by atoms with van der Waals surface area (Å²) < 4.78 is 5.42. The second kappa shape index (κ2) is 9.50. The molecule has 2 aromatic carbocycles. The lowest BCUT2D eigenvalue weighted by molar-refractivity contribution is 0.0934. The summed E-state index contributed by atoms with van der Waals surface area (Å²) in [5.41, 5.74) is 2.37. The number of hydrogen-bond acceptors (Lipinski definition) is 4. The zero-order chi connectivity index (χ0) is 20.6. The van der Waals surface area contributed by atoms with Crippen LogP contribution in [0.3, 0.4) is 0 Å². The normalized spacial score (nSPS) is 11.4. The molecule has 6 nitrogen and oxygen atoms in total. The van der Waals surface area contributed by atoms with Crippen molar-refractivity contribution in [2.24, 2.45) is 0 Å². The molecule has 0 saturated carbocycles. The quantitative estimate of drug-likeness (QED) is 0.634. The van der Waals surface area contributed by atoms with Crippen LogP contribution in [0.2, 0.25) is 0 Å². The van der Waals surface area contributed by atoms with Crippen molar-refractivity contribution >= 4 is 17.5 Å². The summed E-state index contributed by atoms with van der Waals surface area (Å²) in [7, 11) is 1.61. The summed E-state index contributed by atoms with van der Waals surface area (Å²) in [5, 5.41) is 5.84. The SMILES string of the molecule is CCC(NC(=O)c1cccc(NC(=O)c2cccnc2)c1)c1ccccc1OC. The molecule has 0 aliphatic rings. The molecule has 0 aliphatic heterocycles. The third kappa shape index (κ3) is 4.99. The Kier molecular flexibility index (Phi) is 6.58. The van der Waals surface area contributed by atoms with Gasteiger partial charge < -0.3 is 15.4 Å². The maximum Gasteiger partial charge on any atom is 0.257 e. The first-order valence-corrected chi connectivity index (χ1v) is 9.37. The second-order valence-electron chi connectivity index (χ2n) is 6.45. The molecular weight excluding hydrogens is 366 g/mol. The van der Waals surface area contributed by atoms with Crippen molar-refractivity contribution < 1.29 is 14.3 Å². The summed E-state index contributed by atoms with van der Waals surface area (Å²) in [5.74, 6) is 0.230. The molecule has 0 fully saturated rings. The lowest BCUT2D eigenvalue weighted by Gasteiger charge is -2.20. The summed E-state index contributed by atoms with van der Waals surface area (Å²) in [4.78, 5) is 29.1. The van der Waals surface area contributed by atoms with Crippen LogP contribution in [0.25, 0.3) is 0 Å². The first-order chi connectivity index (χ1) is 14.1. The van der Waals surface area contributed by atoms with Crippen LogP contribution in [-0.2, 0) is 0 Å². The molecule has 0 bridgehead atoms. The van der Waals surface area contributed by atoms with Gasteiger partial charge in [-0.3, -0.25) is 14.6 Å².